The van der Waals surface area contributed by atoms with Crippen molar-refractivity contribution in [1.82, 2.24) is 5.32 Å². The number of aliphatic carboxylic acids is 1. The maximum atomic E-state index is 12.2. The van der Waals surface area contributed by atoms with Crippen molar-refractivity contribution in [2.75, 3.05) is 6.61 Å². The molecule has 27 heavy (non-hydrogen) atoms. The van der Waals surface area contributed by atoms with Crippen LogP contribution in [0, 0.1) is 0 Å². The molecule has 1 heterocycles. The van der Waals surface area contributed by atoms with Gasteiger partial charge in [-0.05, 0) is 67.5 Å². The number of hydrogen-bond donors (Lipinski definition) is 3. The maximum Gasteiger partial charge on any atom is 0.331 e. The second-order valence-corrected chi connectivity index (χ2v) is 6.83. The zero-order valence-corrected chi connectivity index (χ0v) is 15.4. The topological polar surface area (TPSA) is 108 Å². The lowest BCUT2D eigenvalue weighted by Gasteiger charge is -2.08. The molecule has 0 atom stereocenters. The molecule has 3 rings (SSSR count). The SMILES string of the molecule is CCOc1cc(/C=C2\SC(=NC3=CC=C(C(=O)O)CC3)NC2=O)ccc1O. The Bertz CT molecular complexity index is 915. The predicted octanol–water partition coefficient (Wildman–Crippen LogP) is 3.04. The fraction of sp³-hybridized carbons (Fsp3) is 0.211. The Labute approximate surface area is 160 Å². The van der Waals surface area contributed by atoms with Gasteiger partial charge in [0.15, 0.2) is 16.7 Å². The smallest absolute Gasteiger partial charge is 0.331 e. The molecule has 0 unspecified atom stereocenters. The summed E-state index contributed by atoms with van der Waals surface area (Å²) in [5.41, 5.74) is 1.79. The van der Waals surface area contributed by atoms with Crippen molar-refractivity contribution in [3.8, 4) is 11.5 Å². The Morgan fingerprint density at radius 1 is 1.37 bits per heavy atom. The van der Waals surface area contributed by atoms with Crippen molar-refractivity contribution < 1.29 is 24.5 Å². The average Bonchev–Trinajstić information content (AvgIpc) is 2.97. The minimum atomic E-state index is -0.924. The van der Waals surface area contributed by atoms with E-state index in [4.69, 9.17) is 9.84 Å². The third-order valence-electron chi connectivity index (χ3n) is 3.88. The summed E-state index contributed by atoms with van der Waals surface area (Å²) >= 11 is 1.21. The molecular weight excluding hydrogens is 368 g/mol. The van der Waals surface area contributed by atoms with Crippen LogP contribution in [0.4, 0.5) is 0 Å². The van der Waals surface area contributed by atoms with Crippen molar-refractivity contribution in [3.05, 3.63) is 52.1 Å². The van der Waals surface area contributed by atoms with Crippen molar-refractivity contribution in [2.45, 2.75) is 19.8 Å². The van der Waals surface area contributed by atoms with E-state index in [1.165, 1.54) is 23.9 Å². The number of hydrogen-bond acceptors (Lipinski definition) is 6. The molecule has 2 aliphatic rings. The molecule has 140 valence electrons. The van der Waals surface area contributed by atoms with E-state index in [1.807, 2.05) is 6.92 Å². The molecule has 0 radical (unpaired) electrons. The second-order valence-electron chi connectivity index (χ2n) is 5.80. The van der Waals surface area contributed by atoms with Crippen LogP contribution in [0.15, 0.2) is 51.5 Å². The van der Waals surface area contributed by atoms with E-state index in [9.17, 15) is 14.7 Å². The van der Waals surface area contributed by atoms with Crippen molar-refractivity contribution in [3.63, 3.8) is 0 Å². The normalized spacial score (nSPS) is 19.7. The standard InChI is InChI=1S/C19H18N2O5S/c1-2-26-15-9-11(3-8-14(15)22)10-16-17(23)21-19(27-16)20-13-6-4-12(5-7-13)18(24)25/h3-4,6,8-10,22H,2,5,7H2,1H3,(H,24,25)(H,20,21,23)/b16-10-. The third kappa shape index (κ3) is 4.59. The molecule has 0 aromatic heterocycles. The zero-order chi connectivity index (χ0) is 19.4. The number of amidine groups is 1. The summed E-state index contributed by atoms with van der Waals surface area (Å²) in [6.07, 6.45) is 5.81. The lowest BCUT2D eigenvalue weighted by molar-refractivity contribution is -0.132. The van der Waals surface area contributed by atoms with Crippen molar-refractivity contribution >= 4 is 34.9 Å². The fourth-order valence-corrected chi connectivity index (χ4v) is 3.41. The van der Waals surface area contributed by atoms with E-state index >= 15 is 0 Å². The van der Waals surface area contributed by atoms with Gasteiger partial charge in [0.2, 0.25) is 0 Å². The lowest BCUT2D eigenvalue weighted by atomic mass is 10.0. The van der Waals surface area contributed by atoms with Gasteiger partial charge in [0, 0.05) is 11.3 Å². The van der Waals surface area contributed by atoms with Gasteiger partial charge in [-0.1, -0.05) is 6.07 Å². The number of aromatic hydroxyl groups is 1. The fourth-order valence-electron chi connectivity index (χ4n) is 2.55. The highest BCUT2D eigenvalue weighted by Gasteiger charge is 2.24. The highest BCUT2D eigenvalue weighted by atomic mass is 32.2. The Kier molecular flexibility index (Phi) is 5.66. The molecule has 0 spiro atoms. The summed E-state index contributed by atoms with van der Waals surface area (Å²) in [6.45, 7) is 2.24. The Hall–Kier alpha value is -3.00. The molecule has 1 fully saturated rings. The zero-order valence-electron chi connectivity index (χ0n) is 14.6. The van der Waals surface area contributed by atoms with Crippen LogP contribution in [0.25, 0.3) is 6.08 Å². The van der Waals surface area contributed by atoms with Gasteiger partial charge in [-0.25, -0.2) is 9.79 Å². The molecule has 7 nitrogen and oxygen atoms in total. The van der Waals surface area contributed by atoms with E-state index < -0.39 is 5.97 Å². The number of carbonyl (C=O) groups is 2. The average molecular weight is 386 g/mol. The van der Waals surface area contributed by atoms with Crippen LogP contribution < -0.4 is 10.1 Å². The molecule has 3 N–H and O–H groups in total. The molecule has 1 aromatic rings. The number of carboxylic acid groups (broad SMARTS) is 1. The number of nitrogens with zero attached hydrogens (tertiary/aromatic N) is 1. The van der Waals surface area contributed by atoms with Crippen LogP contribution in [0.2, 0.25) is 0 Å². The van der Waals surface area contributed by atoms with E-state index in [-0.39, 0.29) is 11.7 Å². The molecule has 1 aromatic carbocycles. The number of aliphatic imine (C=N–C) groups is 1. The van der Waals surface area contributed by atoms with Crippen molar-refractivity contribution in [1.29, 1.82) is 0 Å². The predicted molar refractivity (Wildman–Crippen MR) is 103 cm³/mol. The summed E-state index contributed by atoms with van der Waals surface area (Å²) in [5, 5.41) is 21.9. The largest absolute Gasteiger partial charge is 0.504 e. The molecule has 8 heteroatoms. The highest BCUT2D eigenvalue weighted by molar-refractivity contribution is 8.18. The summed E-state index contributed by atoms with van der Waals surface area (Å²) < 4.78 is 5.35. The van der Waals surface area contributed by atoms with Gasteiger partial charge >= 0.3 is 5.97 Å². The summed E-state index contributed by atoms with van der Waals surface area (Å²) in [7, 11) is 0. The maximum absolute atomic E-state index is 12.2. The number of benzene rings is 1. The first-order chi connectivity index (χ1) is 13.0. The Morgan fingerprint density at radius 2 is 2.19 bits per heavy atom. The van der Waals surface area contributed by atoms with Crippen LogP contribution in [0.1, 0.15) is 25.3 Å². The number of carboxylic acids is 1. The minimum absolute atomic E-state index is 0.0443. The van der Waals surface area contributed by atoms with Gasteiger partial charge < -0.3 is 20.3 Å². The summed E-state index contributed by atoms with van der Waals surface area (Å²) in [5.74, 6) is -0.782. The number of allylic oxidation sites excluding steroid dienone is 3. The molecule has 1 aliphatic carbocycles. The first-order valence-electron chi connectivity index (χ1n) is 8.34. The first-order valence-corrected chi connectivity index (χ1v) is 9.16. The van der Waals surface area contributed by atoms with Gasteiger partial charge in [0.25, 0.3) is 5.91 Å². The highest BCUT2D eigenvalue weighted by Crippen LogP contribution is 2.31. The van der Waals surface area contributed by atoms with Gasteiger partial charge in [-0.2, -0.15) is 0 Å². The molecule has 1 aliphatic heterocycles. The van der Waals surface area contributed by atoms with Crippen LogP contribution >= 0.6 is 11.8 Å². The van der Waals surface area contributed by atoms with E-state index in [0.29, 0.717) is 46.5 Å². The summed E-state index contributed by atoms with van der Waals surface area (Å²) in [4.78, 5) is 28.0. The number of rotatable bonds is 5. The number of nitrogens with one attached hydrogen (secondary N) is 1. The Morgan fingerprint density at radius 3 is 2.85 bits per heavy atom. The third-order valence-corrected chi connectivity index (χ3v) is 4.79. The minimum Gasteiger partial charge on any atom is -0.504 e. The van der Waals surface area contributed by atoms with Crippen LogP contribution in [0.5, 0.6) is 11.5 Å². The number of phenols is 1. The van der Waals surface area contributed by atoms with E-state index in [0.717, 1.165) is 5.56 Å². The number of ether oxygens (including phenoxy) is 1. The van der Waals surface area contributed by atoms with E-state index in [2.05, 4.69) is 10.3 Å². The number of amides is 1. The van der Waals surface area contributed by atoms with Crippen molar-refractivity contribution in [2.24, 2.45) is 4.99 Å². The van der Waals surface area contributed by atoms with Gasteiger partial charge in [-0.15, -0.1) is 0 Å². The first kappa shape index (κ1) is 18.8. The second kappa shape index (κ2) is 8.13. The van der Waals surface area contributed by atoms with Crippen LogP contribution in [0.3, 0.4) is 0 Å². The number of thioether (sulfide) groups is 1. The number of phenolic OH excluding ortho intramolecular Hbond substituents is 1. The molecule has 0 saturated carbocycles. The van der Waals surface area contributed by atoms with Crippen LogP contribution in [-0.4, -0.2) is 33.9 Å². The lowest BCUT2D eigenvalue weighted by Crippen LogP contribution is -2.20. The molecular formula is C19H18N2O5S. The molecule has 0 bridgehead atoms. The molecule has 1 saturated heterocycles. The monoisotopic (exact) mass is 386 g/mol. The quantitative estimate of drug-likeness (QED) is 0.671. The van der Waals surface area contributed by atoms with Gasteiger partial charge in [0.1, 0.15) is 0 Å². The number of carbonyl (C=O) groups excluding carboxylic acids is 1. The van der Waals surface area contributed by atoms with E-state index in [1.54, 1.807) is 24.3 Å². The molecule has 1 amide bonds. The van der Waals surface area contributed by atoms with Crippen LogP contribution in [-0.2, 0) is 9.59 Å². The Balaban J connectivity index is 1.77. The van der Waals surface area contributed by atoms with Gasteiger partial charge in [-0.3, -0.25) is 4.79 Å². The van der Waals surface area contributed by atoms with Gasteiger partial charge in [0.05, 0.1) is 11.5 Å². The summed E-state index contributed by atoms with van der Waals surface area (Å²) in [6, 6.07) is 4.87.